The number of benzene rings is 2. The molecule has 0 spiro atoms. The van der Waals surface area contributed by atoms with Crippen LogP contribution in [0.3, 0.4) is 0 Å². The number of nitrogens with two attached hydrogens (primary N) is 1. The van der Waals surface area contributed by atoms with Gasteiger partial charge in [0.05, 0.1) is 6.10 Å². The minimum Gasteiger partial charge on any atom is -0.489 e. The van der Waals surface area contributed by atoms with Crippen LogP contribution in [0.2, 0.25) is 0 Å². The van der Waals surface area contributed by atoms with Gasteiger partial charge in [-0.1, -0.05) is 48.5 Å². The van der Waals surface area contributed by atoms with Crippen LogP contribution < -0.4 is 10.5 Å². The van der Waals surface area contributed by atoms with Crippen molar-refractivity contribution < 1.29 is 9.84 Å². The number of rotatable bonds is 5. The van der Waals surface area contributed by atoms with E-state index >= 15 is 0 Å². The third kappa shape index (κ3) is 3.09. The summed E-state index contributed by atoms with van der Waals surface area (Å²) in [5.41, 5.74) is 7.30. The first-order chi connectivity index (χ1) is 8.81. The molecule has 0 amide bonds. The van der Waals surface area contributed by atoms with Gasteiger partial charge in [-0.15, -0.1) is 0 Å². The number of para-hydroxylation sites is 1. The molecule has 0 unspecified atom stereocenters. The molecule has 0 saturated carbocycles. The Balaban J connectivity index is 2.10. The molecule has 0 aliphatic heterocycles. The van der Waals surface area contributed by atoms with Gasteiger partial charge in [-0.05, 0) is 11.6 Å². The maximum Gasteiger partial charge on any atom is 0.125 e. The zero-order valence-electron chi connectivity index (χ0n) is 10.1. The molecule has 18 heavy (non-hydrogen) atoms. The third-order valence-corrected chi connectivity index (χ3v) is 2.74. The Labute approximate surface area is 107 Å². The van der Waals surface area contributed by atoms with E-state index in [0.717, 1.165) is 11.1 Å². The molecule has 3 N–H and O–H groups in total. The Morgan fingerprint density at radius 3 is 2.39 bits per heavy atom. The average Bonchev–Trinajstić information content (AvgIpc) is 2.45. The highest BCUT2D eigenvalue weighted by atomic mass is 16.5. The van der Waals surface area contributed by atoms with Crippen molar-refractivity contribution in [2.45, 2.75) is 12.7 Å². The lowest BCUT2D eigenvalue weighted by Gasteiger charge is -2.14. The number of hydrogen-bond acceptors (Lipinski definition) is 3. The zero-order chi connectivity index (χ0) is 12.8. The maximum atomic E-state index is 9.80. The van der Waals surface area contributed by atoms with Gasteiger partial charge in [-0.3, -0.25) is 0 Å². The molecule has 0 aliphatic rings. The molecule has 3 heteroatoms. The van der Waals surface area contributed by atoms with Crippen LogP contribution in [-0.2, 0) is 6.61 Å². The predicted molar refractivity (Wildman–Crippen MR) is 71.2 cm³/mol. The quantitative estimate of drug-likeness (QED) is 0.847. The molecule has 3 nitrogen and oxygen atoms in total. The number of ether oxygens (including phenoxy) is 1. The van der Waals surface area contributed by atoms with E-state index in [-0.39, 0.29) is 6.54 Å². The highest BCUT2D eigenvalue weighted by Gasteiger charge is 2.11. The van der Waals surface area contributed by atoms with Gasteiger partial charge < -0.3 is 15.6 Å². The Kier molecular flexibility index (Phi) is 4.34. The largest absolute Gasteiger partial charge is 0.489 e. The van der Waals surface area contributed by atoms with E-state index in [9.17, 15) is 5.11 Å². The van der Waals surface area contributed by atoms with Crippen molar-refractivity contribution in [1.82, 2.24) is 0 Å². The van der Waals surface area contributed by atoms with Crippen molar-refractivity contribution in [2.75, 3.05) is 6.54 Å². The molecule has 2 rings (SSSR count). The highest BCUT2D eigenvalue weighted by molar-refractivity contribution is 5.35. The zero-order valence-corrected chi connectivity index (χ0v) is 10.1. The molecule has 2 aromatic carbocycles. The minimum absolute atomic E-state index is 0.186. The normalized spacial score (nSPS) is 12.1. The van der Waals surface area contributed by atoms with Gasteiger partial charge in [0.2, 0.25) is 0 Å². The number of aliphatic hydroxyl groups is 1. The summed E-state index contributed by atoms with van der Waals surface area (Å²) in [7, 11) is 0. The van der Waals surface area contributed by atoms with E-state index in [1.165, 1.54) is 0 Å². The van der Waals surface area contributed by atoms with Crippen LogP contribution >= 0.6 is 0 Å². The van der Waals surface area contributed by atoms with Crippen molar-refractivity contribution in [3.05, 3.63) is 65.7 Å². The maximum absolute atomic E-state index is 9.80. The van der Waals surface area contributed by atoms with Crippen LogP contribution in [0.4, 0.5) is 0 Å². The SMILES string of the molecule is NC[C@H](O)c1ccccc1OCc1ccccc1. The number of hydrogen-bond donors (Lipinski definition) is 2. The second kappa shape index (κ2) is 6.19. The average molecular weight is 243 g/mol. The lowest BCUT2D eigenvalue weighted by molar-refractivity contribution is 0.178. The van der Waals surface area contributed by atoms with Gasteiger partial charge in [0.15, 0.2) is 0 Å². The summed E-state index contributed by atoms with van der Waals surface area (Å²) in [6.07, 6.45) is -0.683. The van der Waals surface area contributed by atoms with Crippen LogP contribution in [0.1, 0.15) is 17.2 Å². The van der Waals surface area contributed by atoms with E-state index < -0.39 is 6.10 Å². The molecule has 0 aliphatic carbocycles. The van der Waals surface area contributed by atoms with E-state index in [1.54, 1.807) is 0 Å². The molecule has 1 atom stereocenters. The van der Waals surface area contributed by atoms with Crippen LogP contribution in [-0.4, -0.2) is 11.7 Å². The molecule has 0 radical (unpaired) electrons. The summed E-state index contributed by atoms with van der Waals surface area (Å²) < 4.78 is 5.73. The molecular weight excluding hydrogens is 226 g/mol. The molecule has 0 aromatic heterocycles. The molecule has 0 fully saturated rings. The summed E-state index contributed by atoms with van der Waals surface area (Å²) in [6.45, 7) is 0.668. The molecule has 0 heterocycles. The monoisotopic (exact) mass is 243 g/mol. The van der Waals surface area contributed by atoms with E-state index in [4.69, 9.17) is 10.5 Å². The van der Waals surface area contributed by atoms with Crippen molar-refractivity contribution in [3.63, 3.8) is 0 Å². The van der Waals surface area contributed by atoms with Gasteiger partial charge >= 0.3 is 0 Å². The minimum atomic E-state index is -0.683. The van der Waals surface area contributed by atoms with Crippen molar-refractivity contribution in [3.8, 4) is 5.75 Å². The number of aliphatic hydroxyl groups excluding tert-OH is 1. The second-order valence-corrected chi connectivity index (χ2v) is 4.06. The third-order valence-electron chi connectivity index (χ3n) is 2.74. The standard InChI is InChI=1S/C15H17NO2/c16-10-14(17)13-8-4-5-9-15(13)18-11-12-6-2-1-3-7-12/h1-9,14,17H,10-11,16H2/t14-/m0/s1. The Bertz CT molecular complexity index is 485. The first-order valence-corrected chi connectivity index (χ1v) is 5.95. The van der Waals surface area contributed by atoms with E-state index in [0.29, 0.717) is 12.4 Å². The van der Waals surface area contributed by atoms with Crippen molar-refractivity contribution in [1.29, 1.82) is 0 Å². The fourth-order valence-electron chi connectivity index (χ4n) is 1.75. The fraction of sp³-hybridized carbons (Fsp3) is 0.200. The summed E-state index contributed by atoms with van der Waals surface area (Å²) in [5.74, 6) is 0.680. The van der Waals surface area contributed by atoms with Gasteiger partial charge in [0.25, 0.3) is 0 Å². The van der Waals surface area contributed by atoms with Crippen LogP contribution in [0.25, 0.3) is 0 Å². The predicted octanol–water partition coefficient (Wildman–Crippen LogP) is 2.26. The van der Waals surface area contributed by atoms with Gasteiger partial charge in [0.1, 0.15) is 12.4 Å². The molecule has 94 valence electrons. The smallest absolute Gasteiger partial charge is 0.125 e. The lowest BCUT2D eigenvalue weighted by atomic mass is 10.1. The van der Waals surface area contributed by atoms with Crippen molar-refractivity contribution in [2.24, 2.45) is 5.73 Å². The van der Waals surface area contributed by atoms with E-state index in [1.807, 2.05) is 54.6 Å². The fourth-order valence-corrected chi connectivity index (χ4v) is 1.75. The van der Waals surface area contributed by atoms with Gasteiger partial charge in [0, 0.05) is 12.1 Å². The van der Waals surface area contributed by atoms with E-state index in [2.05, 4.69) is 0 Å². The summed E-state index contributed by atoms with van der Waals surface area (Å²) >= 11 is 0. The molecule has 0 saturated heterocycles. The molecule has 2 aromatic rings. The Morgan fingerprint density at radius 1 is 1.00 bits per heavy atom. The highest BCUT2D eigenvalue weighted by Crippen LogP contribution is 2.25. The Morgan fingerprint density at radius 2 is 1.67 bits per heavy atom. The first-order valence-electron chi connectivity index (χ1n) is 5.95. The lowest BCUT2D eigenvalue weighted by Crippen LogP contribution is -2.12. The summed E-state index contributed by atoms with van der Waals surface area (Å²) in [5, 5.41) is 9.80. The topological polar surface area (TPSA) is 55.5 Å². The van der Waals surface area contributed by atoms with Crippen LogP contribution in [0.15, 0.2) is 54.6 Å². The van der Waals surface area contributed by atoms with Crippen molar-refractivity contribution >= 4 is 0 Å². The van der Waals surface area contributed by atoms with Gasteiger partial charge in [-0.2, -0.15) is 0 Å². The summed E-state index contributed by atoms with van der Waals surface area (Å²) in [4.78, 5) is 0. The van der Waals surface area contributed by atoms with Gasteiger partial charge in [-0.25, -0.2) is 0 Å². The molecule has 0 bridgehead atoms. The van der Waals surface area contributed by atoms with Crippen LogP contribution in [0.5, 0.6) is 5.75 Å². The second-order valence-electron chi connectivity index (χ2n) is 4.06. The first kappa shape index (κ1) is 12.6. The molecular formula is C15H17NO2. The van der Waals surface area contributed by atoms with Crippen LogP contribution in [0, 0.1) is 0 Å². The summed E-state index contributed by atoms with van der Waals surface area (Å²) in [6, 6.07) is 17.3. The Hall–Kier alpha value is -1.84.